The first-order valence-electron chi connectivity index (χ1n) is 7.04. The van der Waals surface area contributed by atoms with Crippen LogP contribution >= 0.6 is 0 Å². The molecule has 0 unspecified atom stereocenters. The molecule has 1 saturated heterocycles. The van der Waals surface area contributed by atoms with Gasteiger partial charge >= 0.3 is 6.03 Å². The summed E-state index contributed by atoms with van der Waals surface area (Å²) < 4.78 is 10.2. The van der Waals surface area contributed by atoms with Gasteiger partial charge in [0.2, 0.25) is 5.89 Å². The lowest BCUT2D eigenvalue weighted by atomic mass is 10.0. The van der Waals surface area contributed by atoms with Crippen LogP contribution in [-0.2, 0) is 11.2 Å². The second kappa shape index (κ2) is 6.69. The van der Waals surface area contributed by atoms with Gasteiger partial charge in [0.15, 0.2) is 5.82 Å². The number of amides is 2. The molecule has 1 aromatic heterocycles. The molecular weight excluding hydrogens is 260 g/mol. The molecule has 0 aromatic carbocycles. The molecule has 0 aliphatic carbocycles. The quantitative estimate of drug-likeness (QED) is 0.782. The molecule has 20 heavy (non-hydrogen) atoms. The van der Waals surface area contributed by atoms with E-state index >= 15 is 0 Å². The molecule has 2 rings (SSSR count). The van der Waals surface area contributed by atoms with E-state index in [0.29, 0.717) is 37.8 Å². The molecule has 0 atom stereocenters. The molecule has 0 N–H and O–H groups in total. The molecule has 0 spiro atoms. The summed E-state index contributed by atoms with van der Waals surface area (Å²) in [5.74, 6) is 1.45. The van der Waals surface area contributed by atoms with Crippen molar-refractivity contribution in [3.63, 3.8) is 0 Å². The molecule has 2 amide bonds. The minimum Gasteiger partial charge on any atom is -0.384 e. The maximum absolute atomic E-state index is 12.1. The zero-order valence-corrected chi connectivity index (χ0v) is 12.3. The molecule has 0 radical (unpaired) electrons. The van der Waals surface area contributed by atoms with Gasteiger partial charge in [-0.15, -0.1) is 0 Å². The van der Waals surface area contributed by atoms with Crippen molar-refractivity contribution in [1.82, 2.24) is 19.9 Å². The molecule has 112 valence electrons. The maximum atomic E-state index is 12.1. The van der Waals surface area contributed by atoms with Crippen molar-refractivity contribution in [2.45, 2.75) is 26.2 Å². The van der Waals surface area contributed by atoms with Gasteiger partial charge < -0.3 is 19.1 Å². The van der Waals surface area contributed by atoms with E-state index < -0.39 is 0 Å². The predicted molar refractivity (Wildman–Crippen MR) is 72.5 cm³/mol. The van der Waals surface area contributed by atoms with Crippen molar-refractivity contribution < 1.29 is 14.1 Å². The number of nitrogens with zero attached hydrogens (tertiary/aromatic N) is 4. The average Bonchev–Trinajstić information content (AvgIpc) is 2.84. The van der Waals surface area contributed by atoms with Crippen LogP contribution in [0.2, 0.25) is 0 Å². The summed E-state index contributed by atoms with van der Waals surface area (Å²) in [4.78, 5) is 20.0. The number of carbonyl (C=O) groups excluding carboxylic acids is 1. The first-order valence-corrected chi connectivity index (χ1v) is 7.04. The van der Waals surface area contributed by atoms with Crippen molar-refractivity contribution in [2.24, 2.45) is 0 Å². The lowest BCUT2D eigenvalue weighted by Gasteiger charge is -2.39. The number of urea groups is 1. The summed E-state index contributed by atoms with van der Waals surface area (Å²) in [5, 5.41) is 3.91. The van der Waals surface area contributed by atoms with Crippen LogP contribution in [0, 0.1) is 0 Å². The number of methoxy groups -OCH3 is 1. The van der Waals surface area contributed by atoms with Crippen LogP contribution in [0.25, 0.3) is 0 Å². The van der Waals surface area contributed by atoms with Crippen LogP contribution < -0.4 is 0 Å². The number of hydrogen-bond acceptors (Lipinski definition) is 5. The van der Waals surface area contributed by atoms with Crippen molar-refractivity contribution in [3.05, 3.63) is 11.7 Å². The van der Waals surface area contributed by atoms with E-state index in [1.54, 1.807) is 7.11 Å². The Morgan fingerprint density at radius 3 is 2.75 bits per heavy atom. The third-order valence-electron chi connectivity index (χ3n) is 3.55. The monoisotopic (exact) mass is 282 g/mol. The summed E-state index contributed by atoms with van der Waals surface area (Å²) in [7, 11) is 1.64. The van der Waals surface area contributed by atoms with Gasteiger partial charge in [-0.25, -0.2) is 4.79 Å². The van der Waals surface area contributed by atoms with Crippen molar-refractivity contribution in [1.29, 1.82) is 0 Å². The fraction of sp³-hybridized carbons (Fsp3) is 0.769. The maximum Gasteiger partial charge on any atom is 0.320 e. The van der Waals surface area contributed by atoms with Crippen LogP contribution in [0.3, 0.4) is 0 Å². The van der Waals surface area contributed by atoms with Gasteiger partial charge in [0.05, 0.1) is 12.5 Å². The zero-order valence-electron chi connectivity index (χ0n) is 12.3. The molecule has 1 fully saturated rings. The molecule has 2 heterocycles. The van der Waals surface area contributed by atoms with E-state index in [-0.39, 0.29) is 11.9 Å². The van der Waals surface area contributed by atoms with E-state index in [0.717, 1.165) is 13.1 Å². The number of hydrogen-bond donors (Lipinski definition) is 0. The number of ether oxygens (including phenoxy) is 1. The highest BCUT2D eigenvalue weighted by Gasteiger charge is 2.36. The van der Waals surface area contributed by atoms with Crippen LogP contribution in [-0.4, -0.2) is 65.9 Å². The highest BCUT2D eigenvalue weighted by Crippen LogP contribution is 2.26. The lowest BCUT2D eigenvalue weighted by Crippen LogP contribution is -2.53. The molecular formula is C13H22N4O3. The first kappa shape index (κ1) is 14.8. The smallest absolute Gasteiger partial charge is 0.320 e. The fourth-order valence-corrected chi connectivity index (χ4v) is 2.21. The topological polar surface area (TPSA) is 71.7 Å². The molecule has 7 nitrogen and oxygen atoms in total. The van der Waals surface area contributed by atoms with Gasteiger partial charge in [0, 0.05) is 39.7 Å². The third kappa shape index (κ3) is 3.09. The summed E-state index contributed by atoms with van der Waals surface area (Å²) >= 11 is 0. The highest BCUT2D eigenvalue weighted by molar-refractivity contribution is 5.75. The average molecular weight is 282 g/mol. The van der Waals surface area contributed by atoms with E-state index in [4.69, 9.17) is 9.26 Å². The van der Waals surface area contributed by atoms with Crippen molar-refractivity contribution >= 4 is 6.03 Å². The van der Waals surface area contributed by atoms with E-state index in [1.807, 2.05) is 23.6 Å². The fourth-order valence-electron chi connectivity index (χ4n) is 2.21. The molecule has 1 aromatic rings. The van der Waals surface area contributed by atoms with E-state index in [2.05, 4.69) is 10.1 Å². The largest absolute Gasteiger partial charge is 0.384 e. The normalized spacial score (nSPS) is 15.2. The number of rotatable bonds is 6. The zero-order chi connectivity index (χ0) is 14.5. The van der Waals surface area contributed by atoms with Crippen LogP contribution in [0.5, 0.6) is 0 Å². The standard InChI is InChI=1S/C13H22N4O3/c1-4-16(5-2)13(18)17-8-10(9-17)12-14-11(15-20-12)6-7-19-3/h10H,4-9H2,1-3H3. The van der Waals surface area contributed by atoms with Gasteiger partial charge in [-0.05, 0) is 13.8 Å². The highest BCUT2D eigenvalue weighted by atomic mass is 16.5. The molecule has 1 aliphatic rings. The molecule has 0 saturated carbocycles. The van der Waals surface area contributed by atoms with Crippen LogP contribution in [0.4, 0.5) is 4.79 Å². The predicted octanol–water partition coefficient (Wildman–Crippen LogP) is 1.12. The number of aromatic nitrogens is 2. The van der Waals surface area contributed by atoms with Crippen LogP contribution in [0.15, 0.2) is 4.52 Å². The minimum absolute atomic E-state index is 0.0883. The second-order valence-electron chi connectivity index (χ2n) is 4.85. The summed E-state index contributed by atoms with van der Waals surface area (Å²) in [5.41, 5.74) is 0. The van der Waals surface area contributed by atoms with Gasteiger partial charge in [-0.3, -0.25) is 0 Å². The van der Waals surface area contributed by atoms with Gasteiger partial charge in [0.25, 0.3) is 0 Å². The van der Waals surface area contributed by atoms with Gasteiger partial charge in [-0.1, -0.05) is 5.16 Å². The van der Waals surface area contributed by atoms with E-state index in [1.165, 1.54) is 0 Å². The van der Waals surface area contributed by atoms with Crippen LogP contribution in [0.1, 0.15) is 31.5 Å². The third-order valence-corrected chi connectivity index (χ3v) is 3.55. The Hall–Kier alpha value is -1.63. The van der Waals surface area contributed by atoms with E-state index in [9.17, 15) is 4.79 Å². The Bertz CT molecular complexity index is 439. The Kier molecular flexibility index (Phi) is 4.94. The summed E-state index contributed by atoms with van der Waals surface area (Å²) in [6.07, 6.45) is 0.648. The Balaban J connectivity index is 1.83. The van der Waals surface area contributed by atoms with Crippen molar-refractivity contribution in [2.75, 3.05) is 39.9 Å². The van der Waals surface area contributed by atoms with Gasteiger partial charge in [0.1, 0.15) is 0 Å². The minimum atomic E-state index is 0.0883. The molecule has 7 heteroatoms. The molecule has 1 aliphatic heterocycles. The Morgan fingerprint density at radius 2 is 2.15 bits per heavy atom. The SMILES string of the molecule is CCN(CC)C(=O)N1CC(c2nc(CCOC)no2)C1. The summed E-state index contributed by atoms with van der Waals surface area (Å²) in [6, 6.07) is 0.0883. The second-order valence-corrected chi connectivity index (χ2v) is 4.85. The van der Waals surface area contributed by atoms with Crippen molar-refractivity contribution in [3.8, 4) is 0 Å². The van der Waals surface area contributed by atoms with Gasteiger partial charge in [-0.2, -0.15) is 4.98 Å². The number of carbonyl (C=O) groups is 1. The lowest BCUT2D eigenvalue weighted by molar-refractivity contribution is 0.107. The number of likely N-dealkylation sites (tertiary alicyclic amines) is 1. The summed E-state index contributed by atoms with van der Waals surface area (Å²) in [6.45, 7) is 7.33. The Morgan fingerprint density at radius 1 is 1.45 bits per heavy atom. The first-order chi connectivity index (χ1) is 9.69. The molecule has 0 bridgehead atoms. The Labute approximate surface area is 118 Å².